The number of benzene rings is 2. The lowest BCUT2D eigenvalue weighted by Crippen LogP contribution is -2.29. The van der Waals surface area contributed by atoms with Gasteiger partial charge in [0.2, 0.25) is 5.91 Å². The lowest BCUT2D eigenvalue weighted by Gasteiger charge is -2.09. The zero-order valence-corrected chi connectivity index (χ0v) is 14.6. The van der Waals surface area contributed by atoms with Crippen molar-refractivity contribution in [3.63, 3.8) is 0 Å². The number of aryl methyl sites for hydroxylation is 1. The van der Waals surface area contributed by atoms with Gasteiger partial charge in [-0.25, -0.2) is 4.98 Å². The molecule has 1 amide bonds. The second-order valence-corrected chi connectivity index (χ2v) is 6.16. The maximum atomic E-state index is 11.9. The number of anilines is 1. The standard InChI is InChI=1S/C19H19ClN4O/c1-14-12-24(13-23-14)18-8-6-17(7-9-18)21-11-19(25)22-10-15-2-4-16(20)5-3-15/h2-9,12-13,21H,10-11H2,1H3,(H,22,25). The zero-order chi connectivity index (χ0) is 17.6. The van der Waals surface area contributed by atoms with Crippen molar-refractivity contribution in [3.05, 3.63) is 77.3 Å². The fourth-order valence-electron chi connectivity index (χ4n) is 2.36. The second kappa shape index (κ2) is 7.85. The molecule has 25 heavy (non-hydrogen) atoms. The second-order valence-electron chi connectivity index (χ2n) is 5.73. The van der Waals surface area contributed by atoms with Gasteiger partial charge in [-0.2, -0.15) is 0 Å². The fraction of sp³-hybridized carbons (Fsp3) is 0.158. The first-order valence-corrected chi connectivity index (χ1v) is 8.34. The molecule has 3 rings (SSSR count). The highest BCUT2D eigenvalue weighted by Gasteiger charge is 2.03. The molecule has 1 aromatic heterocycles. The van der Waals surface area contributed by atoms with Gasteiger partial charge >= 0.3 is 0 Å². The molecule has 1 heterocycles. The lowest BCUT2D eigenvalue weighted by molar-refractivity contribution is -0.119. The Morgan fingerprint density at radius 2 is 1.84 bits per heavy atom. The van der Waals surface area contributed by atoms with Crippen molar-refractivity contribution in [2.45, 2.75) is 13.5 Å². The third-order valence-corrected chi connectivity index (χ3v) is 3.99. The Kier molecular flexibility index (Phi) is 5.36. The Labute approximate surface area is 151 Å². The highest BCUT2D eigenvalue weighted by molar-refractivity contribution is 6.30. The molecule has 0 aliphatic heterocycles. The van der Waals surface area contributed by atoms with Crippen LogP contribution in [0.1, 0.15) is 11.3 Å². The van der Waals surface area contributed by atoms with Gasteiger partial charge < -0.3 is 15.2 Å². The van der Waals surface area contributed by atoms with E-state index < -0.39 is 0 Å². The number of halogens is 1. The van der Waals surface area contributed by atoms with Crippen molar-refractivity contribution in [2.75, 3.05) is 11.9 Å². The van der Waals surface area contributed by atoms with Crippen LogP contribution in [0.4, 0.5) is 5.69 Å². The van der Waals surface area contributed by atoms with E-state index in [-0.39, 0.29) is 12.5 Å². The summed E-state index contributed by atoms with van der Waals surface area (Å²) in [5.74, 6) is -0.0655. The fourth-order valence-corrected chi connectivity index (χ4v) is 2.49. The van der Waals surface area contributed by atoms with Crippen molar-refractivity contribution in [1.82, 2.24) is 14.9 Å². The number of nitrogens with zero attached hydrogens (tertiary/aromatic N) is 2. The highest BCUT2D eigenvalue weighted by atomic mass is 35.5. The van der Waals surface area contributed by atoms with Gasteiger partial charge in [-0.3, -0.25) is 4.79 Å². The number of hydrogen-bond acceptors (Lipinski definition) is 3. The Hall–Kier alpha value is -2.79. The summed E-state index contributed by atoms with van der Waals surface area (Å²) in [7, 11) is 0. The van der Waals surface area contributed by atoms with Crippen LogP contribution in [0.3, 0.4) is 0 Å². The predicted molar refractivity (Wildman–Crippen MR) is 100 cm³/mol. The van der Waals surface area contributed by atoms with Crippen LogP contribution in [-0.4, -0.2) is 22.0 Å². The summed E-state index contributed by atoms with van der Waals surface area (Å²) in [5, 5.41) is 6.67. The number of hydrogen-bond donors (Lipinski definition) is 2. The maximum absolute atomic E-state index is 11.9. The number of amides is 1. The molecular formula is C19H19ClN4O. The molecule has 128 valence electrons. The minimum absolute atomic E-state index is 0.0655. The van der Waals surface area contributed by atoms with Crippen molar-refractivity contribution in [3.8, 4) is 5.69 Å². The van der Waals surface area contributed by atoms with Crippen LogP contribution in [-0.2, 0) is 11.3 Å². The topological polar surface area (TPSA) is 59.0 Å². The molecule has 0 radical (unpaired) electrons. The van der Waals surface area contributed by atoms with Crippen LogP contribution in [0.5, 0.6) is 0 Å². The molecule has 2 aromatic carbocycles. The van der Waals surface area contributed by atoms with Crippen molar-refractivity contribution in [1.29, 1.82) is 0 Å². The number of carbonyl (C=O) groups excluding carboxylic acids is 1. The Morgan fingerprint density at radius 3 is 2.48 bits per heavy atom. The number of aromatic nitrogens is 2. The average Bonchev–Trinajstić information content (AvgIpc) is 3.06. The van der Waals surface area contributed by atoms with E-state index >= 15 is 0 Å². The number of imidazole rings is 1. The SMILES string of the molecule is Cc1cn(-c2ccc(NCC(=O)NCc3ccc(Cl)cc3)cc2)cn1. The quantitative estimate of drug-likeness (QED) is 0.711. The molecule has 2 N–H and O–H groups in total. The summed E-state index contributed by atoms with van der Waals surface area (Å²) < 4.78 is 1.96. The van der Waals surface area contributed by atoms with E-state index in [1.54, 1.807) is 6.33 Å². The van der Waals surface area contributed by atoms with Crippen LogP contribution in [0.2, 0.25) is 5.02 Å². The van der Waals surface area contributed by atoms with E-state index in [1.165, 1.54) is 0 Å². The minimum Gasteiger partial charge on any atom is -0.376 e. The largest absolute Gasteiger partial charge is 0.376 e. The molecule has 6 heteroatoms. The summed E-state index contributed by atoms with van der Waals surface area (Å²) in [6, 6.07) is 15.3. The van der Waals surface area contributed by atoms with Gasteiger partial charge in [0.05, 0.1) is 18.6 Å². The summed E-state index contributed by atoms with van der Waals surface area (Å²) in [6.07, 6.45) is 3.74. The van der Waals surface area contributed by atoms with E-state index in [9.17, 15) is 4.79 Å². The molecule has 0 fully saturated rings. The van der Waals surface area contributed by atoms with Crippen LogP contribution in [0, 0.1) is 6.92 Å². The molecule has 0 atom stereocenters. The zero-order valence-electron chi connectivity index (χ0n) is 13.9. The number of carbonyl (C=O) groups is 1. The van der Waals surface area contributed by atoms with Crippen LogP contribution >= 0.6 is 11.6 Å². The summed E-state index contributed by atoms with van der Waals surface area (Å²) in [4.78, 5) is 16.1. The first kappa shape index (κ1) is 17.0. The van der Waals surface area contributed by atoms with Crippen molar-refractivity contribution in [2.24, 2.45) is 0 Å². The van der Waals surface area contributed by atoms with E-state index in [2.05, 4.69) is 15.6 Å². The van der Waals surface area contributed by atoms with E-state index in [4.69, 9.17) is 11.6 Å². The van der Waals surface area contributed by atoms with Gasteiger partial charge in [-0.05, 0) is 48.9 Å². The third kappa shape index (κ3) is 4.84. The molecule has 3 aromatic rings. The third-order valence-electron chi connectivity index (χ3n) is 3.73. The van der Waals surface area contributed by atoms with Gasteiger partial charge in [0, 0.05) is 29.1 Å². The molecule has 0 aliphatic rings. The Bertz CT molecular complexity index is 841. The number of rotatable bonds is 6. The molecule has 0 spiro atoms. The van der Waals surface area contributed by atoms with Gasteiger partial charge in [-0.1, -0.05) is 23.7 Å². The summed E-state index contributed by atoms with van der Waals surface area (Å²) >= 11 is 5.84. The van der Waals surface area contributed by atoms with Crippen LogP contribution in [0.25, 0.3) is 5.69 Å². The molecule has 0 bridgehead atoms. The van der Waals surface area contributed by atoms with Crippen molar-refractivity contribution < 1.29 is 4.79 Å². The molecule has 0 unspecified atom stereocenters. The molecular weight excluding hydrogens is 336 g/mol. The number of nitrogens with one attached hydrogen (secondary N) is 2. The molecule has 0 saturated heterocycles. The molecule has 0 aliphatic carbocycles. The highest BCUT2D eigenvalue weighted by Crippen LogP contribution is 2.13. The lowest BCUT2D eigenvalue weighted by atomic mass is 10.2. The van der Waals surface area contributed by atoms with Gasteiger partial charge in [0.15, 0.2) is 0 Å². The predicted octanol–water partition coefficient (Wildman–Crippen LogP) is 3.56. The van der Waals surface area contributed by atoms with E-state index in [0.717, 1.165) is 22.6 Å². The first-order valence-electron chi connectivity index (χ1n) is 7.96. The maximum Gasteiger partial charge on any atom is 0.239 e. The van der Waals surface area contributed by atoms with Gasteiger partial charge in [0.1, 0.15) is 0 Å². The monoisotopic (exact) mass is 354 g/mol. The van der Waals surface area contributed by atoms with Gasteiger partial charge in [0.25, 0.3) is 0 Å². The van der Waals surface area contributed by atoms with Crippen molar-refractivity contribution >= 4 is 23.2 Å². The van der Waals surface area contributed by atoms with E-state index in [0.29, 0.717) is 11.6 Å². The Balaban J connectivity index is 1.47. The minimum atomic E-state index is -0.0655. The first-order chi connectivity index (χ1) is 12.1. The van der Waals surface area contributed by atoms with Crippen LogP contribution < -0.4 is 10.6 Å². The summed E-state index contributed by atoms with van der Waals surface area (Å²) in [5.41, 5.74) is 3.90. The Morgan fingerprint density at radius 1 is 1.12 bits per heavy atom. The van der Waals surface area contributed by atoms with Crippen LogP contribution in [0.15, 0.2) is 61.1 Å². The van der Waals surface area contributed by atoms with Gasteiger partial charge in [-0.15, -0.1) is 0 Å². The smallest absolute Gasteiger partial charge is 0.239 e. The summed E-state index contributed by atoms with van der Waals surface area (Å²) in [6.45, 7) is 2.66. The molecule has 5 nitrogen and oxygen atoms in total. The normalized spacial score (nSPS) is 10.5. The average molecular weight is 355 g/mol. The van der Waals surface area contributed by atoms with E-state index in [1.807, 2.05) is 66.2 Å². The molecule has 0 saturated carbocycles.